The summed E-state index contributed by atoms with van der Waals surface area (Å²) in [4.78, 5) is 10.0. The van der Waals surface area contributed by atoms with E-state index in [1.807, 2.05) is 23.1 Å². The number of rotatable bonds is 49. The standard InChI is InChI=1S/C16H36N.C12H28N.C11H17N.C11H25N.C9H21N.C8H19N.C8H20N.C7H9N.C6H15N.C4H12N.C4H11N.C3H9N/c1-5-9-13-17(14-10-6-2,15-11-7-3)16-12-8-4;1-5-9-13(10-6-2,11-7-3)12-8-4;1-3-12(4-2)10-11-8-6-5-7-9-11;1-4-7-10-12(9-6-3)11-8-5-2;1-4-7-10(8-5-2)9-6-3;1-6-9(7(2)3)8(4)5;1-5-9(6-2,7-3)8-4;8-6-7-4-2-1-3-5-7;1-4-7(5-2)6-3;1-5(2,3)4;1-4(2,3)5;1-4(2)3/h5-16H2,1-4H3;5-12H2,1-4H3;5-9H,3-4,10H2,1-2H3;4-11H2,1-3H3;4-9H2,1-3H3;7-8H,6H2,1-5H3;5-8H2,1-4H3;1-5H,6,8H2;4-6H2,1-3H3;1-4H3;5H2,1-3H3;1-3H3/q2*+1;;;;;+1;;;+1;;/p+8. The molecule has 12 N–H and O–H groups in total. The zero-order valence-electron chi connectivity index (χ0n) is 85.2. The minimum absolute atomic E-state index is 0.250. The van der Waals surface area contributed by atoms with E-state index in [0.29, 0.717) is 0 Å². The molecule has 0 fully saturated rings. The van der Waals surface area contributed by atoms with Crippen molar-refractivity contribution in [1.82, 2.24) is 0 Å². The van der Waals surface area contributed by atoms with Crippen molar-refractivity contribution in [2.75, 3.05) is 206 Å². The SMILES string of the molecule is CC(C)(C)[NH3+].CCCC[N+](CCCC)(CCCC)CCCC.CCCC[NH+](CCC)CCCC.CCC[N+](CCC)(CCC)CCC.CCC[NH+](CCC)CCC.CC[N+](CC)(CC)CC.CC[NH+](C(C)C)C(C)C.CC[NH+](CC)CC.CC[NH+](CC)Cc1ccccc1.C[N+](C)(C)C.C[NH+](C)C.[NH3+]Cc1ccccc1. The molecular weight excluding hydrogens is 1360 g/mol. The van der Waals surface area contributed by atoms with Gasteiger partial charge >= 0.3 is 0 Å². The summed E-state index contributed by atoms with van der Waals surface area (Å²) < 4.78 is 5.07. The lowest BCUT2D eigenvalue weighted by Gasteiger charge is -2.39. The van der Waals surface area contributed by atoms with Crippen LogP contribution in [0.1, 0.15) is 354 Å². The molecule has 0 aliphatic rings. The van der Waals surface area contributed by atoms with Crippen molar-refractivity contribution in [3.8, 4) is 0 Å². The Kier molecular flexibility index (Phi) is 111. The molecule has 2 aromatic rings. The first-order valence-electron chi connectivity index (χ1n) is 48.4. The Labute approximate surface area is 706 Å². The number of nitrogens with one attached hydrogen (secondary N) is 6. The number of benzene rings is 2. The molecule has 0 amide bonds. The molecule has 674 valence electrons. The van der Waals surface area contributed by atoms with Gasteiger partial charge in [-0.3, -0.25) is 0 Å². The molecule has 0 unspecified atom stereocenters. The Bertz CT molecular complexity index is 1760. The van der Waals surface area contributed by atoms with Crippen LogP contribution in [-0.4, -0.2) is 242 Å². The molecule has 2 aromatic carbocycles. The Hall–Kier alpha value is -2.04. The second-order valence-electron chi connectivity index (χ2n) is 35.8. The monoisotopic (exact) mass is 1590 g/mol. The van der Waals surface area contributed by atoms with Crippen LogP contribution in [0.5, 0.6) is 0 Å². The second kappa shape index (κ2) is 95.1. The van der Waals surface area contributed by atoms with E-state index in [4.69, 9.17) is 0 Å². The van der Waals surface area contributed by atoms with Crippen LogP contribution in [0.3, 0.4) is 0 Å². The molecule has 2 rings (SSSR count). The molecule has 12 heteroatoms. The number of hydrogen-bond acceptors (Lipinski definition) is 0. The number of hydrogen-bond donors (Lipinski definition) is 8. The molecule has 0 aliphatic carbocycles. The maximum atomic E-state index is 3.77. The Morgan fingerprint density at radius 1 is 0.306 bits per heavy atom. The van der Waals surface area contributed by atoms with E-state index in [0.717, 1.165) is 29.7 Å². The van der Waals surface area contributed by atoms with Crippen molar-refractivity contribution >= 4 is 0 Å². The molecule has 0 bridgehead atoms. The van der Waals surface area contributed by atoms with Gasteiger partial charge in [-0.1, -0.05) is 196 Å². The summed E-state index contributed by atoms with van der Waals surface area (Å²) in [5.74, 6) is 0. The normalized spacial score (nSPS) is 11.2. The highest BCUT2D eigenvalue weighted by molar-refractivity contribution is 5.13. The predicted octanol–water partition coefficient (Wildman–Crippen LogP) is 14.6. The Balaban J connectivity index is -0.000000127. The summed E-state index contributed by atoms with van der Waals surface area (Å²) in [6.07, 6.45) is 27.2. The smallest absolute Gasteiger partial charge is 0.103 e. The minimum Gasteiger partial charge on any atom is -0.354 e. The van der Waals surface area contributed by atoms with Gasteiger partial charge in [-0.15, -0.1) is 0 Å². The minimum atomic E-state index is 0.250. The third-order valence-corrected chi connectivity index (χ3v) is 20.4. The second-order valence-corrected chi connectivity index (χ2v) is 35.8. The van der Waals surface area contributed by atoms with Crippen LogP contribution in [0, 0.1) is 0 Å². The maximum Gasteiger partial charge on any atom is 0.103 e. The van der Waals surface area contributed by atoms with E-state index in [1.165, 1.54) is 315 Å². The highest BCUT2D eigenvalue weighted by Crippen LogP contribution is 2.17. The van der Waals surface area contributed by atoms with E-state index in [1.54, 1.807) is 19.6 Å². The molecule has 0 saturated heterocycles. The van der Waals surface area contributed by atoms with Gasteiger partial charge in [-0.25, -0.2) is 0 Å². The van der Waals surface area contributed by atoms with Crippen LogP contribution in [0.15, 0.2) is 60.7 Å². The summed E-state index contributed by atoms with van der Waals surface area (Å²) in [7, 11) is 14.8. The van der Waals surface area contributed by atoms with Crippen molar-refractivity contribution in [2.24, 2.45) is 0 Å². The van der Waals surface area contributed by atoms with Gasteiger partial charge in [-0.2, -0.15) is 0 Å². The summed E-state index contributed by atoms with van der Waals surface area (Å²) >= 11 is 0. The van der Waals surface area contributed by atoms with Crippen LogP contribution in [-0.2, 0) is 13.1 Å². The van der Waals surface area contributed by atoms with E-state index in [2.05, 4.69) is 318 Å². The summed E-state index contributed by atoms with van der Waals surface area (Å²) in [5, 5.41) is 0. The van der Waals surface area contributed by atoms with Gasteiger partial charge in [0.15, 0.2) is 0 Å². The molecular formula is C99H230N12+12. The molecule has 0 radical (unpaired) electrons. The fourth-order valence-corrected chi connectivity index (χ4v) is 13.8. The van der Waals surface area contributed by atoms with Gasteiger partial charge < -0.3 is 58.8 Å². The molecule has 0 aromatic heterocycles. The molecule has 0 aliphatic heterocycles. The zero-order chi connectivity index (χ0) is 87.9. The largest absolute Gasteiger partial charge is 0.354 e. The molecule has 0 atom stereocenters. The van der Waals surface area contributed by atoms with Gasteiger partial charge in [0.25, 0.3) is 0 Å². The first-order valence-corrected chi connectivity index (χ1v) is 48.4. The summed E-state index contributed by atoms with van der Waals surface area (Å²) in [6.45, 7) is 104. The van der Waals surface area contributed by atoms with E-state index >= 15 is 0 Å². The number of unbranched alkanes of at least 4 members (excludes halogenated alkanes) is 6. The Morgan fingerprint density at radius 2 is 0.541 bits per heavy atom. The molecule has 111 heavy (non-hydrogen) atoms. The van der Waals surface area contributed by atoms with Crippen LogP contribution in [0.4, 0.5) is 0 Å². The first kappa shape index (κ1) is 130. The quantitative estimate of drug-likeness (QED) is 0.0304. The topological polar surface area (TPSA) is 81.9 Å². The van der Waals surface area contributed by atoms with E-state index in [-0.39, 0.29) is 5.54 Å². The lowest BCUT2D eigenvalue weighted by molar-refractivity contribution is -0.940. The third-order valence-electron chi connectivity index (χ3n) is 20.4. The summed E-state index contributed by atoms with van der Waals surface area (Å²) in [6, 6.07) is 22.5. The van der Waals surface area contributed by atoms with Crippen molar-refractivity contribution in [1.29, 1.82) is 0 Å². The van der Waals surface area contributed by atoms with Crippen molar-refractivity contribution < 1.29 is 58.8 Å². The van der Waals surface area contributed by atoms with Crippen LogP contribution < -0.4 is 40.9 Å². The van der Waals surface area contributed by atoms with E-state index < -0.39 is 0 Å². The van der Waals surface area contributed by atoms with Gasteiger partial charge in [0.2, 0.25) is 0 Å². The van der Waals surface area contributed by atoms with Crippen molar-refractivity contribution in [2.45, 2.75) is 374 Å². The number of quaternary nitrogens is 12. The maximum absolute atomic E-state index is 3.77. The Morgan fingerprint density at radius 3 is 0.694 bits per heavy atom. The van der Waals surface area contributed by atoms with Gasteiger partial charge in [-0.05, 0) is 208 Å². The van der Waals surface area contributed by atoms with Crippen molar-refractivity contribution in [3.63, 3.8) is 0 Å². The average Bonchev–Trinajstić information content (AvgIpc) is 0.875. The van der Waals surface area contributed by atoms with Gasteiger partial charge in [0, 0.05) is 11.1 Å². The van der Waals surface area contributed by atoms with Gasteiger partial charge in [0.1, 0.15) is 6.54 Å². The van der Waals surface area contributed by atoms with Crippen LogP contribution >= 0.6 is 0 Å². The van der Waals surface area contributed by atoms with Gasteiger partial charge in [0.05, 0.1) is 231 Å². The summed E-state index contributed by atoms with van der Waals surface area (Å²) in [5.41, 5.74) is 10.5. The van der Waals surface area contributed by atoms with Crippen LogP contribution in [0.25, 0.3) is 0 Å². The third kappa shape index (κ3) is 104. The lowest BCUT2D eigenvalue weighted by Crippen LogP contribution is -3.17. The lowest BCUT2D eigenvalue weighted by atomic mass is 10.1. The molecule has 0 spiro atoms. The van der Waals surface area contributed by atoms with Crippen LogP contribution in [0.2, 0.25) is 0 Å². The first-order chi connectivity index (χ1) is 52.4. The highest BCUT2D eigenvalue weighted by Gasteiger charge is 2.26. The zero-order valence-corrected chi connectivity index (χ0v) is 85.2. The molecule has 0 heterocycles. The average molecular weight is 1590 g/mol. The molecule has 12 nitrogen and oxygen atoms in total. The highest BCUT2D eigenvalue weighted by atomic mass is 15.4. The predicted molar refractivity (Wildman–Crippen MR) is 510 cm³/mol. The van der Waals surface area contributed by atoms with Crippen molar-refractivity contribution in [3.05, 3.63) is 71.8 Å². The number of nitrogens with zero attached hydrogens (tertiary/aromatic N) is 4. The fourth-order valence-electron chi connectivity index (χ4n) is 13.8. The molecule has 0 saturated carbocycles. The van der Waals surface area contributed by atoms with E-state index in [9.17, 15) is 0 Å². The fraction of sp³-hybridized carbons (Fsp3) is 0.879.